The lowest BCUT2D eigenvalue weighted by Gasteiger charge is -2.03. The van der Waals surface area contributed by atoms with Crippen LogP contribution in [0.1, 0.15) is 23.3 Å². The first kappa shape index (κ1) is 9.64. The van der Waals surface area contributed by atoms with Crippen molar-refractivity contribution < 1.29 is 9.59 Å². The van der Waals surface area contributed by atoms with E-state index in [2.05, 4.69) is 15.6 Å². The molecule has 15 heavy (non-hydrogen) atoms. The molecule has 0 unspecified atom stereocenters. The Balaban J connectivity index is 2.08. The molecule has 1 aliphatic rings. The highest BCUT2D eigenvalue weighted by molar-refractivity contribution is 5.93. The standard InChI is InChI=1S/C10H11N3O2/c14-6-12-8-3-4-11-9(5-8)10(15)13-7-1-2-7/h3-7H,1-2H2,(H,13,15)(H,11,12,14). The SMILES string of the molecule is O=CNc1ccnc(C(=O)NC2CC2)c1. The van der Waals surface area contributed by atoms with E-state index in [0.717, 1.165) is 12.8 Å². The predicted octanol–water partition coefficient (Wildman–Crippen LogP) is 0.542. The Labute approximate surface area is 86.9 Å². The van der Waals surface area contributed by atoms with Gasteiger partial charge in [0.1, 0.15) is 5.69 Å². The minimum Gasteiger partial charge on any atom is -0.348 e. The second-order valence-corrected chi connectivity index (χ2v) is 3.44. The number of amides is 2. The predicted molar refractivity (Wildman–Crippen MR) is 54.4 cm³/mol. The van der Waals surface area contributed by atoms with Crippen LogP contribution in [-0.2, 0) is 4.79 Å². The first-order valence-corrected chi connectivity index (χ1v) is 4.76. The number of pyridine rings is 1. The summed E-state index contributed by atoms with van der Waals surface area (Å²) < 4.78 is 0. The van der Waals surface area contributed by atoms with Gasteiger partial charge in [0, 0.05) is 17.9 Å². The van der Waals surface area contributed by atoms with E-state index in [1.165, 1.54) is 6.20 Å². The van der Waals surface area contributed by atoms with Crippen LogP contribution < -0.4 is 10.6 Å². The van der Waals surface area contributed by atoms with Crippen molar-refractivity contribution in [3.8, 4) is 0 Å². The largest absolute Gasteiger partial charge is 0.348 e. The van der Waals surface area contributed by atoms with E-state index in [4.69, 9.17) is 0 Å². The Morgan fingerprint density at radius 2 is 2.33 bits per heavy atom. The summed E-state index contributed by atoms with van der Waals surface area (Å²) in [7, 11) is 0. The molecular weight excluding hydrogens is 194 g/mol. The second-order valence-electron chi connectivity index (χ2n) is 3.44. The Kier molecular flexibility index (Phi) is 2.62. The van der Waals surface area contributed by atoms with Gasteiger partial charge in [-0.1, -0.05) is 0 Å². The number of aromatic nitrogens is 1. The number of hydrogen-bond donors (Lipinski definition) is 2. The zero-order valence-electron chi connectivity index (χ0n) is 8.06. The van der Waals surface area contributed by atoms with E-state index in [1.807, 2.05) is 0 Å². The summed E-state index contributed by atoms with van der Waals surface area (Å²) in [6.07, 6.45) is 4.14. The van der Waals surface area contributed by atoms with E-state index in [-0.39, 0.29) is 5.91 Å². The smallest absolute Gasteiger partial charge is 0.270 e. The van der Waals surface area contributed by atoms with Crippen molar-refractivity contribution >= 4 is 18.0 Å². The zero-order chi connectivity index (χ0) is 10.7. The third kappa shape index (κ3) is 2.52. The molecular formula is C10H11N3O2. The number of hydrogen-bond acceptors (Lipinski definition) is 3. The monoisotopic (exact) mass is 205 g/mol. The topological polar surface area (TPSA) is 71.1 Å². The fraction of sp³-hybridized carbons (Fsp3) is 0.300. The van der Waals surface area contributed by atoms with Gasteiger partial charge in [-0.15, -0.1) is 0 Å². The Bertz CT molecular complexity index is 388. The first-order chi connectivity index (χ1) is 7.29. The van der Waals surface area contributed by atoms with Gasteiger partial charge in [-0.2, -0.15) is 0 Å². The molecule has 2 amide bonds. The third-order valence-corrected chi connectivity index (χ3v) is 2.13. The molecule has 5 heteroatoms. The highest BCUT2D eigenvalue weighted by Gasteiger charge is 2.24. The molecule has 1 saturated carbocycles. The van der Waals surface area contributed by atoms with Crippen molar-refractivity contribution in [3.63, 3.8) is 0 Å². The normalized spacial score (nSPS) is 14.4. The maximum atomic E-state index is 11.6. The molecule has 1 fully saturated rings. The van der Waals surface area contributed by atoms with Gasteiger partial charge in [0.2, 0.25) is 6.41 Å². The van der Waals surface area contributed by atoms with Crippen LogP contribution in [0.4, 0.5) is 5.69 Å². The summed E-state index contributed by atoms with van der Waals surface area (Å²) in [5, 5.41) is 5.29. The number of nitrogens with zero attached hydrogens (tertiary/aromatic N) is 1. The van der Waals surface area contributed by atoms with Crippen LogP contribution in [0.5, 0.6) is 0 Å². The number of carbonyl (C=O) groups is 2. The second kappa shape index (κ2) is 4.08. The van der Waals surface area contributed by atoms with Crippen molar-refractivity contribution in [2.45, 2.75) is 18.9 Å². The molecule has 0 aliphatic heterocycles. The number of nitrogens with one attached hydrogen (secondary N) is 2. The quantitative estimate of drug-likeness (QED) is 0.705. The summed E-state index contributed by atoms with van der Waals surface area (Å²) >= 11 is 0. The fourth-order valence-electron chi connectivity index (χ4n) is 1.20. The van der Waals surface area contributed by atoms with Crippen LogP contribution in [-0.4, -0.2) is 23.3 Å². The Hall–Kier alpha value is -1.91. The molecule has 1 heterocycles. The molecule has 1 aromatic heterocycles. The molecule has 0 atom stereocenters. The first-order valence-electron chi connectivity index (χ1n) is 4.76. The fourth-order valence-corrected chi connectivity index (χ4v) is 1.20. The average Bonchev–Trinajstić information content (AvgIpc) is 3.03. The number of rotatable bonds is 4. The zero-order valence-corrected chi connectivity index (χ0v) is 8.06. The van der Waals surface area contributed by atoms with Crippen molar-refractivity contribution in [2.75, 3.05) is 5.32 Å². The summed E-state index contributed by atoms with van der Waals surface area (Å²) in [5.74, 6) is -0.188. The number of anilines is 1. The maximum Gasteiger partial charge on any atom is 0.270 e. The van der Waals surface area contributed by atoms with Crippen molar-refractivity contribution in [3.05, 3.63) is 24.0 Å². The van der Waals surface area contributed by atoms with Crippen molar-refractivity contribution in [1.82, 2.24) is 10.3 Å². The van der Waals surface area contributed by atoms with E-state index in [0.29, 0.717) is 23.8 Å². The molecule has 2 rings (SSSR count). The highest BCUT2D eigenvalue weighted by atomic mass is 16.2. The third-order valence-electron chi connectivity index (χ3n) is 2.13. The van der Waals surface area contributed by atoms with Crippen molar-refractivity contribution in [1.29, 1.82) is 0 Å². The van der Waals surface area contributed by atoms with Gasteiger partial charge in [0.25, 0.3) is 5.91 Å². The average molecular weight is 205 g/mol. The molecule has 1 aromatic rings. The Morgan fingerprint density at radius 3 is 3.00 bits per heavy atom. The molecule has 0 aromatic carbocycles. The van der Waals surface area contributed by atoms with Crippen LogP contribution in [0.2, 0.25) is 0 Å². The van der Waals surface area contributed by atoms with Gasteiger partial charge in [0.15, 0.2) is 0 Å². The molecule has 0 radical (unpaired) electrons. The van der Waals surface area contributed by atoms with Gasteiger partial charge in [0.05, 0.1) is 0 Å². The number of carbonyl (C=O) groups excluding carboxylic acids is 2. The van der Waals surface area contributed by atoms with Gasteiger partial charge in [-0.25, -0.2) is 0 Å². The van der Waals surface area contributed by atoms with Crippen molar-refractivity contribution in [2.24, 2.45) is 0 Å². The van der Waals surface area contributed by atoms with Gasteiger partial charge in [-0.3, -0.25) is 14.6 Å². The lowest BCUT2D eigenvalue weighted by atomic mass is 10.3. The Morgan fingerprint density at radius 1 is 1.53 bits per heavy atom. The van der Waals surface area contributed by atoms with Gasteiger partial charge >= 0.3 is 0 Å². The van der Waals surface area contributed by atoms with Crippen LogP contribution >= 0.6 is 0 Å². The van der Waals surface area contributed by atoms with E-state index in [9.17, 15) is 9.59 Å². The molecule has 1 aliphatic carbocycles. The van der Waals surface area contributed by atoms with E-state index < -0.39 is 0 Å². The lowest BCUT2D eigenvalue weighted by molar-refractivity contribution is -0.105. The lowest BCUT2D eigenvalue weighted by Crippen LogP contribution is -2.26. The summed E-state index contributed by atoms with van der Waals surface area (Å²) in [4.78, 5) is 25.7. The van der Waals surface area contributed by atoms with Gasteiger partial charge < -0.3 is 10.6 Å². The van der Waals surface area contributed by atoms with Crippen LogP contribution in [0.15, 0.2) is 18.3 Å². The summed E-state index contributed by atoms with van der Waals surface area (Å²) in [6, 6.07) is 3.48. The minimum atomic E-state index is -0.188. The molecule has 78 valence electrons. The van der Waals surface area contributed by atoms with Crippen LogP contribution in [0.3, 0.4) is 0 Å². The van der Waals surface area contributed by atoms with E-state index in [1.54, 1.807) is 12.1 Å². The van der Waals surface area contributed by atoms with Crippen LogP contribution in [0.25, 0.3) is 0 Å². The molecule has 0 bridgehead atoms. The molecule has 5 nitrogen and oxygen atoms in total. The molecule has 0 saturated heterocycles. The maximum absolute atomic E-state index is 11.6. The van der Waals surface area contributed by atoms with Crippen LogP contribution in [0, 0.1) is 0 Å². The van der Waals surface area contributed by atoms with Gasteiger partial charge in [-0.05, 0) is 25.0 Å². The molecule has 2 N–H and O–H groups in total. The highest BCUT2D eigenvalue weighted by Crippen LogP contribution is 2.19. The van der Waals surface area contributed by atoms with E-state index >= 15 is 0 Å². The molecule has 0 spiro atoms. The summed E-state index contributed by atoms with van der Waals surface area (Å²) in [6.45, 7) is 0. The minimum absolute atomic E-state index is 0.188. The summed E-state index contributed by atoms with van der Waals surface area (Å²) in [5.41, 5.74) is 0.898.